The molecular formula is C18H33N5O2. The van der Waals surface area contributed by atoms with Crippen molar-refractivity contribution in [1.82, 2.24) is 20.9 Å². The van der Waals surface area contributed by atoms with E-state index in [1.807, 2.05) is 25.7 Å². The van der Waals surface area contributed by atoms with E-state index < -0.39 is 0 Å². The average molecular weight is 351 g/mol. The molecule has 0 aromatic heterocycles. The van der Waals surface area contributed by atoms with Gasteiger partial charge in [0.2, 0.25) is 11.8 Å². The van der Waals surface area contributed by atoms with Crippen LogP contribution in [0.3, 0.4) is 0 Å². The van der Waals surface area contributed by atoms with Crippen molar-refractivity contribution in [2.75, 3.05) is 26.2 Å². The number of guanidine groups is 1. The molecule has 2 fully saturated rings. The average Bonchev–Trinajstić information content (AvgIpc) is 3.26. The Kier molecular flexibility index (Phi) is 7.52. The molecule has 7 nitrogen and oxygen atoms in total. The summed E-state index contributed by atoms with van der Waals surface area (Å²) in [6.45, 7) is 8.84. The van der Waals surface area contributed by atoms with Gasteiger partial charge in [0.25, 0.3) is 0 Å². The van der Waals surface area contributed by atoms with E-state index in [2.05, 4.69) is 20.9 Å². The molecule has 1 atom stereocenters. The van der Waals surface area contributed by atoms with Crippen molar-refractivity contribution in [1.29, 1.82) is 0 Å². The second kappa shape index (κ2) is 9.63. The van der Waals surface area contributed by atoms with Crippen molar-refractivity contribution in [2.24, 2.45) is 10.9 Å². The van der Waals surface area contributed by atoms with Crippen LogP contribution in [0.4, 0.5) is 0 Å². The van der Waals surface area contributed by atoms with Crippen LogP contribution in [0.25, 0.3) is 0 Å². The summed E-state index contributed by atoms with van der Waals surface area (Å²) in [6.07, 6.45) is 4.45. The van der Waals surface area contributed by atoms with E-state index in [1.54, 1.807) is 0 Å². The molecule has 7 heteroatoms. The number of carbonyl (C=O) groups excluding carboxylic acids is 2. The molecule has 0 radical (unpaired) electrons. The Morgan fingerprint density at radius 3 is 2.56 bits per heavy atom. The van der Waals surface area contributed by atoms with Gasteiger partial charge in [0.05, 0.1) is 0 Å². The molecule has 1 saturated carbocycles. The molecule has 1 aliphatic heterocycles. The van der Waals surface area contributed by atoms with E-state index in [0.717, 1.165) is 51.3 Å². The summed E-state index contributed by atoms with van der Waals surface area (Å²) in [5.74, 6) is 1.17. The van der Waals surface area contributed by atoms with Gasteiger partial charge >= 0.3 is 0 Å². The zero-order valence-electron chi connectivity index (χ0n) is 15.8. The van der Waals surface area contributed by atoms with Gasteiger partial charge in [-0.15, -0.1) is 0 Å². The fourth-order valence-corrected chi connectivity index (χ4v) is 2.91. The van der Waals surface area contributed by atoms with Crippen LogP contribution in [0.2, 0.25) is 0 Å². The lowest BCUT2D eigenvalue weighted by Crippen LogP contribution is -2.45. The number of carbonyl (C=O) groups is 2. The molecule has 1 aliphatic carbocycles. The fraction of sp³-hybridized carbons (Fsp3) is 0.833. The third kappa shape index (κ3) is 6.92. The summed E-state index contributed by atoms with van der Waals surface area (Å²) >= 11 is 0. The molecule has 3 N–H and O–H groups in total. The van der Waals surface area contributed by atoms with Gasteiger partial charge in [-0.2, -0.15) is 0 Å². The van der Waals surface area contributed by atoms with Gasteiger partial charge in [-0.05, 0) is 32.6 Å². The van der Waals surface area contributed by atoms with Crippen molar-refractivity contribution >= 4 is 17.8 Å². The van der Waals surface area contributed by atoms with Crippen molar-refractivity contribution in [2.45, 2.75) is 65.0 Å². The van der Waals surface area contributed by atoms with Crippen molar-refractivity contribution < 1.29 is 9.59 Å². The monoisotopic (exact) mass is 351 g/mol. The molecular weight excluding hydrogens is 318 g/mol. The Morgan fingerprint density at radius 1 is 1.16 bits per heavy atom. The lowest BCUT2D eigenvalue weighted by Gasteiger charge is -2.20. The molecule has 1 heterocycles. The molecule has 2 rings (SSSR count). The van der Waals surface area contributed by atoms with E-state index in [9.17, 15) is 9.59 Å². The molecule has 0 bridgehead atoms. The van der Waals surface area contributed by atoms with Gasteiger partial charge in [0.15, 0.2) is 5.96 Å². The number of hydrogen-bond donors (Lipinski definition) is 3. The Morgan fingerprint density at radius 2 is 1.92 bits per heavy atom. The number of likely N-dealkylation sites (tertiary alicyclic amines) is 1. The van der Waals surface area contributed by atoms with E-state index in [4.69, 9.17) is 0 Å². The molecule has 2 aliphatic rings. The summed E-state index contributed by atoms with van der Waals surface area (Å²) in [4.78, 5) is 30.2. The second-order valence-electron chi connectivity index (χ2n) is 7.27. The van der Waals surface area contributed by atoms with Gasteiger partial charge < -0.3 is 20.9 Å². The molecule has 0 aromatic carbocycles. The number of nitrogens with one attached hydrogen (secondary N) is 3. The van der Waals surface area contributed by atoms with Crippen LogP contribution < -0.4 is 16.0 Å². The van der Waals surface area contributed by atoms with Crippen molar-refractivity contribution in [3.63, 3.8) is 0 Å². The topological polar surface area (TPSA) is 85.8 Å². The SMILES string of the molecule is CCNC(=NCCCC(=O)NC1CC1)NC1CCN(C(=O)C(C)C)C1. The molecule has 0 spiro atoms. The third-order valence-electron chi connectivity index (χ3n) is 4.45. The Bertz CT molecular complexity index is 488. The Hall–Kier alpha value is -1.79. The largest absolute Gasteiger partial charge is 0.357 e. The van der Waals surface area contributed by atoms with Crippen molar-refractivity contribution in [3.05, 3.63) is 0 Å². The van der Waals surface area contributed by atoms with Gasteiger partial charge in [0.1, 0.15) is 0 Å². The highest BCUT2D eigenvalue weighted by Gasteiger charge is 2.28. The first-order chi connectivity index (χ1) is 12.0. The van der Waals surface area contributed by atoms with E-state index in [1.165, 1.54) is 0 Å². The first-order valence-electron chi connectivity index (χ1n) is 9.62. The van der Waals surface area contributed by atoms with Crippen LogP contribution in [0, 0.1) is 5.92 Å². The van der Waals surface area contributed by atoms with Crippen LogP contribution in [0.1, 0.15) is 52.9 Å². The van der Waals surface area contributed by atoms with E-state index in [-0.39, 0.29) is 23.8 Å². The second-order valence-corrected chi connectivity index (χ2v) is 7.27. The molecule has 1 unspecified atom stereocenters. The highest BCUT2D eigenvalue weighted by Crippen LogP contribution is 2.18. The summed E-state index contributed by atoms with van der Waals surface area (Å²) in [5.41, 5.74) is 0. The predicted molar refractivity (Wildman–Crippen MR) is 99.3 cm³/mol. The zero-order valence-corrected chi connectivity index (χ0v) is 15.8. The highest BCUT2D eigenvalue weighted by molar-refractivity contribution is 5.81. The number of aliphatic imine (C=N–C) groups is 1. The lowest BCUT2D eigenvalue weighted by molar-refractivity contribution is -0.133. The zero-order chi connectivity index (χ0) is 18.2. The first kappa shape index (κ1) is 19.5. The van der Waals surface area contributed by atoms with Gasteiger partial charge in [-0.1, -0.05) is 13.8 Å². The molecule has 2 amide bonds. The minimum atomic E-state index is 0.0439. The Balaban J connectivity index is 1.71. The van der Waals surface area contributed by atoms with E-state index in [0.29, 0.717) is 19.0 Å². The highest BCUT2D eigenvalue weighted by atomic mass is 16.2. The third-order valence-corrected chi connectivity index (χ3v) is 4.45. The van der Waals surface area contributed by atoms with Crippen LogP contribution >= 0.6 is 0 Å². The number of hydrogen-bond acceptors (Lipinski definition) is 3. The number of rotatable bonds is 8. The van der Waals surface area contributed by atoms with Crippen molar-refractivity contribution in [3.8, 4) is 0 Å². The predicted octanol–water partition coefficient (Wildman–Crippen LogP) is 0.857. The fourth-order valence-electron chi connectivity index (χ4n) is 2.91. The minimum absolute atomic E-state index is 0.0439. The van der Waals surface area contributed by atoms with E-state index >= 15 is 0 Å². The quantitative estimate of drug-likeness (QED) is 0.344. The lowest BCUT2D eigenvalue weighted by atomic mass is 10.2. The maximum atomic E-state index is 12.1. The first-order valence-corrected chi connectivity index (χ1v) is 9.62. The van der Waals surface area contributed by atoms with Crippen LogP contribution in [0.15, 0.2) is 4.99 Å². The molecule has 0 aromatic rings. The Labute approximate surface area is 151 Å². The summed E-state index contributed by atoms with van der Waals surface area (Å²) in [7, 11) is 0. The van der Waals surface area contributed by atoms with Gasteiger partial charge in [-0.3, -0.25) is 14.6 Å². The standard InChI is InChI=1S/C18H33N5O2/c1-4-19-18(20-10-5-6-16(24)21-14-7-8-14)22-15-9-11-23(12-15)17(25)13(2)3/h13-15H,4-12H2,1-3H3,(H,21,24)(H2,19,20,22). The van der Waals surface area contributed by atoms with Crippen LogP contribution in [-0.4, -0.2) is 60.9 Å². The summed E-state index contributed by atoms with van der Waals surface area (Å²) < 4.78 is 0. The molecule has 25 heavy (non-hydrogen) atoms. The minimum Gasteiger partial charge on any atom is -0.357 e. The van der Waals surface area contributed by atoms with Gasteiger partial charge in [-0.25, -0.2) is 0 Å². The maximum absolute atomic E-state index is 12.1. The normalized spacial score (nSPS) is 20.7. The number of nitrogens with zero attached hydrogens (tertiary/aromatic N) is 2. The smallest absolute Gasteiger partial charge is 0.225 e. The van der Waals surface area contributed by atoms with Crippen LogP contribution in [-0.2, 0) is 9.59 Å². The maximum Gasteiger partial charge on any atom is 0.225 e. The van der Waals surface area contributed by atoms with Gasteiger partial charge in [0, 0.05) is 50.6 Å². The summed E-state index contributed by atoms with van der Waals surface area (Å²) in [5, 5.41) is 9.65. The molecule has 142 valence electrons. The number of amides is 2. The van der Waals surface area contributed by atoms with Crippen LogP contribution in [0.5, 0.6) is 0 Å². The molecule has 1 saturated heterocycles. The summed E-state index contributed by atoms with van der Waals surface area (Å²) in [6, 6.07) is 0.660.